The zero-order valence-corrected chi connectivity index (χ0v) is 21.7. The molecule has 1 fully saturated rings. The monoisotopic (exact) mass is 567 g/mol. The van der Waals surface area contributed by atoms with Crippen molar-refractivity contribution in [3.05, 3.63) is 67.4 Å². The molecule has 1 saturated heterocycles. The maximum Gasteiger partial charge on any atom is 0.490 e. The molecule has 5 aromatic rings. The lowest BCUT2D eigenvalue weighted by molar-refractivity contribution is -0.192. The average Bonchev–Trinajstić information content (AvgIpc) is 3.63. The van der Waals surface area contributed by atoms with Gasteiger partial charge in [0.25, 0.3) is 0 Å². The van der Waals surface area contributed by atoms with Gasteiger partial charge in [-0.2, -0.15) is 23.3 Å². The zero-order valence-electron chi connectivity index (χ0n) is 21.7. The van der Waals surface area contributed by atoms with E-state index in [0.29, 0.717) is 19.2 Å². The number of benzene rings is 2. The predicted molar refractivity (Wildman–Crippen MR) is 143 cm³/mol. The Kier molecular flexibility index (Phi) is 7.78. The number of hydrogen-bond acceptors (Lipinski definition) is 9. The van der Waals surface area contributed by atoms with Gasteiger partial charge in [-0.25, -0.2) is 19.4 Å². The lowest BCUT2D eigenvalue weighted by Crippen LogP contribution is -2.37. The van der Waals surface area contributed by atoms with E-state index in [0.717, 1.165) is 52.4 Å². The van der Waals surface area contributed by atoms with Gasteiger partial charge in [-0.05, 0) is 42.0 Å². The van der Waals surface area contributed by atoms with E-state index in [4.69, 9.17) is 14.6 Å². The zero-order chi connectivity index (χ0) is 29.0. The van der Waals surface area contributed by atoms with E-state index in [2.05, 4.69) is 41.4 Å². The molecule has 0 radical (unpaired) electrons. The molecule has 0 bridgehead atoms. The Bertz CT molecular complexity index is 1650. The van der Waals surface area contributed by atoms with Crippen LogP contribution in [0.3, 0.4) is 0 Å². The van der Waals surface area contributed by atoms with Crippen LogP contribution < -0.4 is 10.2 Å². The highest BCUT2D eigenvalue weighted by atomic mass is 19.4. The van der Waals surface area contributed by atoms with Crippen molar-refractivity contribution < 1.29 is 27.8 Å². The number of carboxylic acid groups (broad SMARTS) is 1. The molecule has 15 heteroatoms. The van der Waals surface area contributed by atoms with Crippen LogP contribution >= 0.6 is 0 Å². The van der Waals surface area contributed by atoms with Crippen molar-refractivity contribution >= 4 is 34.5 Å². The van der Waals surface area contributed by atoms with Gasteiger partial charge in [0.1, 0.15) is 6.33 Å². The Morgan fingerprint density at radius 3 is 2.41 bits per heavy atom. The van der Waals surface area contributed by atoms with Gasteiger partial charge in [-0.1, -0.05) is 6.07 Å². The van der Waals surface area contributed by atoms with E-state index < -0.39 is 12.1 Å². The third kappa shape index (κ3) is 6.75. The molecule has 0 atom stereocenters. The third-order valence-electron chi connectivity index (χ3n) is 6.02. The molecule has 0 saturated carbocycles. The van der Waals surface area contributed by atoms with Crippen LogP contribution in [0.15, 0.2) is 67.4 Å². The van der Waals surface area contributed by atoms with Gasteiger partial charge in [0.15, 0.2) is 0 Å². The SMILES string of the molecule is Cn1cc(-c2ccc3nc(Nc4ccc(-n5cnc(N6CCOCC6)n5)cc4)ncc3c2)cn1.O=C(O)C(F)(F)F. The number of aliphatic carboxylic acids is 1. The summed E-state index contributed by atoms with van der Waals surface area (Å²) in [6, 6.07) is 14.1. The predicted octanol–water partition coefficient (Wildman–Crippen LogP) is 3.82. The quantitative estimate of drug-likeness (QED) is 0.323. The number of aryl methyl sites for hydroxylation is 1. The fourth-order valence-electron chi connectivity index (χ4n) is 3.96. The number of anilines is 3. The Labute approximate surface area is 231 Å². The van der Waals surface area contributed by atoms with Crippen LogP contribution in [0.4, 0.5) is 30.8 Å². The first kappa shape index (κ1) is 27.5. The number of aromatic nitrogens is 7. The first-order valence-corrected chi connectivity index (χ1v) is 12.3. The fourth-order valence-corrected chi connectivity index (χ4v) is 3.96. The summed E-state index contributed by atoms with van der Waals surface area (Å²) in [5, 5.41) is 20.2. The standard InChI is InChI=1S/C24H23N9O.C2HF3O2/c1-31-15-19(14-27-31)17-2-7-22-18(12-17)13-25-23(29-22)28-20-3-5-21(6-4-20)33-16-26-24(30-33)32-8-10-34-11-9-32;3-2(4,5)1(6)7/h2-7,12-16H,8-11H2,1H3,(H,25,28,29);(H,6,7). The van der Waals surface area contributed by atoms with Crippen LogP contribution in [-0.4, -0.2) is 78.1 Å². The normalized spacial score (nSPS) is 13.5. The molecule has 1 aliphatic heterocycles. The van der Waals surface area contributed by atoms with Gasteiger partial charge in [0, 0.05) is 49.2 Å². The largest absolute Gasteiger partial charge is 0.490 e. The van der Waals surface area contributed by atoms with Crippen molar-refractivity contribution in [3.63, 3.8) is 0 Å². The number of carboxylic acids is 1. The highest BCUT2D eigenvalue weighted by molar-refractivity contribution is 5.84. The van der Waals surface area contributed by atoms with Gasteiger partial charge in [0.2, 0.25) is 11.9 Å². The summed E-state index contributed by atoms with van der Waals surface area (Å²) < 4.78 is 40.7. The number of rotatable bonds is 5. The first-order valence-electron chi connectivity index (χ1n) is 12.3. The van der Waals surface area contributed by atoms with Crippen LogP contribution in [0.5, 0.6) is 0 Å². The first-order chi connectivity index (χ1) is 19.7. The van der Waals surface area contributed by atoms with Crippen molar-refractivity contribution in [1.29, 1.82) is 0 Å². The van der Waals surface area contributed by atoms with E-state index in [1.54, 1.807) is 15.7 Å². The Morgan fingerprint density at radius 2 is 1.76 bits per heavy atom. The Hall–Kier alpha value is -5.05. The molecular formula is C26H24F3N9O3. The topological polar surface area (TPSA) is 136 Å². The van der Waals surface area contributed by atoms with Crippen LogP contribution in [0, 0.1) is 0 Å². The molecule has 3 aromatic heterocycles. The van der Waals surface area contributed by atoms with Crippen molar-refractivity contribution in [2.24, 2.45) is 7.05 Å². The molecule has 0 spiro atoms. The molecule has 0 amide bonds. The second kappa shape index (κ2) is 11.6. The number of halogens is 3. The molecule has 212 valence electrons. The third-order valence-corrected chi connectivity index (χ3v) is 6.02. The molecule has 2 aromatic carbocycles. The number of fused-ring (bicyclic) bond motifs is 1. The summed E-state index contributed by atoms with van der Waals surface area (Å²) in [5.74, 6) is -1.49. The molecule has 41 heavy (non-hydrogen) atoms. The minimum atomic E-state index is -5.08. The van der Waals surface area contributed by atoms with Crippen molar-refractivity contribution in [1.82, 2.24) is 34.5 Å². The number of nitrogens with zero attached hydrogens (tertiary/aromatic N) is 8. The van der Waals surface area contributed by atoms with E-state index >= 15 is 0 Å². The highest BCUT2D eigenvalue weighted by Crippen LogP contribution is 2.24. The van der Waals surface area contributed by atoms with E-state index in [1.165, 1.54) is 0 Å². The van der Waals surface area contributed by atoms with Crippen LogP contribution in [0.1, 0.15) is 0 Å². The lowest BCUT2D eigenvalue weighted by atomic mass is 10.1. The number of morpholine rings is 1. The Morgan fingerprint density at radius 1 is 1.02 bits per heavy atom. The van der Waals surface area contributed by atoms with E-state index in [9.17, 15) is 13.2 Å². The number of carbonyl (C=O) groups is 1. The average molecular weight is 568 g/mol. The highest BCUT2D eigenvalue weighted by Gasteiger charge is 2.38. The molecule has 2 N–H and O–H groups in total. The number of ether oxygens (including phenoxy) is 1. The van der Waals surface area contributed by atoms with Gasteiger partial charge >= 0.3 is 12.1 Å². The second-order valence-corrected chi connectivity index (χ2v) is 8.93. The van der Waals surface area contributed by atoms with Crippen molar-refractivity contribution in [2.45, 2.75) is 6.18 Å². The second-order valence-electron chi connectivity index (χ2n) is 8.93. The summed E-state index contributed by atoms with van der Waals surface area (Å²) in [6.07, 6.45) is 2.33. The van der Waals surface area contributed by atoms with Gasteiger partial charge in [0.05, 0.1) is 30.6 Å². The molecule has 12 nitrogen and oxygen atoms in total. The molecule has 0 aliphatic carbocycles. The van der Waals surface area contributed by atoms with Gasteiger partial charge < -0.3 is 20.1 Å². The minimum Gasteiger partial charge on any atom is -0.475 e. The summed E-state index contributed by atoms with van der Waals surface area (Å²) in [6.45, 7) is 3.03. The molecule has 6 rings (SSSR count). The molecule has 1 aliphatic rings. The maximum atomic E-state index is 10.6. The summed E-state index contributed by atoms with van der Waals surface area (Å²) >= 11 is 0. The molecule has 0 unspecified atom stereocenters. The van der Waals surface area contributed by atoms with Crippen LogP contribution in [-0.2, 0) is 16.6 Å². The van der Waals surface area contributed by atoms with Gasteiger partial charge in [-0.15, -0.1) is 5.10 Å². The van der Waals surface area contributed by atoms with Crippen LogP contribution in [0.25, 0.3) is 27.7 Å². The van der Waals surface area contributed by atoms with Crippen molar-refractivity contribution in [3.8, 4) is 16.8 Å². The van der Waals surface area contributed by atoms with E-state index in [-0.39, 0.29) is 0 Å². The van der Waals surface area contributed by atoms with Gasteiger partial charge in [-0.3, -0.25) is 4.68 Å². The molecular weight excluding hydrogens is 543 g/mol. The summed E-state index contributed by atoms with van der Waals surface area (Å²) in [4.78, 5) is 24.6. The van der Waals surface area contributed by atoms with E-state index in [1.807, 2.05) is 62.0 Å². The maximum absolute atomic E-state index is 10.6. The fraction of sp³-hybridized carbons (Fsp3) is 0.231. The van der Waals surface area contributed by atoms with Crippen LogP contribution in [0.2, 0.25) is 0 Å². The van der Waals surface area contributed by atoms with Crippen molar-refractivity contribution in [2.75, 3.05) is 36.5 Å². The Balaban J connectivity index is 0.000000431. The molecule has 4 heterocycles. The number of alkyl halides is 3. The number of nitrogens with one attached hydrogen (secondary N) is 1. The lowest BCUT2D eigenvalue weighted by Gasteiger charge is -2.25. The minimum absolute atomic E-state index is 0.546. The summed E-state index contributed by atoms with van der Waals surface area (Å²) in [5.41, 5.74) is 4.85. The smallest absolute Gasteiger partial charge is 0.475 e. The summed E-state index contributed by atoms with van der Waals surface area (Å²) in [7, 11) is 1.91. The number of hydrogen-bond donors (Lipinski definition) is 2.